The Morgan fingerprint density at radius 3 is 2.74 bits per heavy atom. The first-order valence-electron chi connectivity index (χ1n) is 12.4. The van der Waals surface area contributed by atoms with Crippen LogP contribution in [-0.2, 0) is 13.1 Å². The quantitative estimate of drug-likeness (QED) is 0.218. The number of pyridine rings is 1. The number of anilines is 2. The molecule has 198 valence electrons. The van der Waals surface area contributed by atoms with Crippen molar-refractivity contribution >= 4 is 39.8 Å². The second-order valence-electron chi connectivity index (χ2n) is 8.88. The molecule has 0 bridgehead atoms. The molecule has 8 nitrogen and oxygen atoms in total. The standard InChI is InChI=1S/C29H27FN6O2S/c1-3-38-20-12-23(29(37)34-13-18-5-4-17(2)24(30)10-18)28(32-14-20)33-15-21-7-9-26(39-21)19-6-8-25-22(11-19)27(31)36-16-35-25/h4-12,14,16H,3,13,15H2,1-2H3,(H,32,33)(H,34,37)(H2,31,35,36). The Labute approximate surface area is 229 Å². The van der Waals surface area contributed by atoms with E-state index in [9.17, 15) is 9.18 Å². The molecule has 0 spiro atoms. The zero-order chi connectivity index (χ0) is 27.4. The van der Waals surface area contributed by atoms with E-state index < -0.39 is 0 Å². The average Bonchev–Trinajstić information content (AvgIpc) is 3.42. The molecule has 2 aromatic carbocycles. The molecular weight excluding hydrogens is 515 g/mol. The van der Waals surface area contributed by atoms with Crippen molar-refractivity contribution in [3.63, 3.8) is 0 Å². The molecule has 0 saturated heterocycles. The van der Waals surface area contributed by atoms with Gasteiger partial charge in [-0.15, -0.1) is 11.3 Å². The second-order valence-corrected chi connectivity index (χ2v) is 10.0. The summed E-state index contributed by atoms with van der Waals surface area (Å²) < 4.78 is 19.5. The number of amides is 1. The summed E-state index contributed by atoms with van der Waals surface area (Å²) in [6.45, 7) is 4.66. The maximum atomic E-state index is 13.9. The Kier molecular flexibility index (Phi) is 7.64. The third-order valence-electron chi connectivity index (χ3n) is 6.15. The summed E-state index contributed by atoms with van der Waals surface area (Å²) in [5, 5.41) is 6.95. The van der Waals surface area contributed by atoms with E-state index in [1.54, 1.807) is 42.7 Å². The van der Waals surface area contributed by atoms with Crippen molar-refractivity contribution in [3.05, 3.63) is 94.5 Å². The molecule has 39 heavy (non-hydrogen) atoms. The van der Waals surface area contributed by atoms with Crippen LogP contribution in [0, 0.1) is 12.7 Å². The highest BCUT2D eigenvalue weighted by Gasteiger charge is 2.16. The minimum atomic E-state index is -0.338. The number of ether oxygens (including phenoxy) is 1. The van der Waals surface area contributed by atoms with Crippen LogP contribution in [0.15, 0.2) is 67.1 Å². The number of benzene rings is 2. The Bertz CT molecular complexity index is 1650. The SMILES string of the molecule is CCOc1cnc(NCc2ccc(-c3ccc4ncnc(N)c4c3)s2)c(C(=O)NCc2ccc(C)c(F)c2)c1. The number of hydrogen-bond acceptors (Lipinski definition) is 8. The van der Waals surface area contributed by atoms with Crippen LogP contribution in [-0.4, -0.2) is 27.5 Å². The number of rotatable bonds is 9. The number of nitrogens with one attached hydrogen (secondary N) is 2. The van der Waals surface area contributed by atoms with Gasteiger partial charge >= 0.3 is 0 Å². The van der Waals surface area contributed by atoms with E-state index in [1.807, 2.05) is 37.3 Å². The summed E-state index contributed by atoms with van der Waals surface area (Å²) in [6.07, 6.45) is 3.04. The van der Waals surface area contributed by atoms with E-state index in [0.717, 1.165) is 26.2 Å². The molecule has 5 aromatic rings. The molecule has 0 atom stereocenters. The molecule has 3 aromatic heterocycles. The van der Waals surface area contributed by atoms with Crippen LogP contribution in [0.3, 0.4) is 0 Å². The summed E-state index contributed by atoms with van der Waals surface area (Å²) in [5.74, 6) is 0.722. The Hall–Kier alpha value is -4.57. The Morgan fingerprint density at radius 1 is 1.05 bits per heavy atom. The second kappa shape index (κ2) is 11.4. The monoisotopic (exact) mass is 542 g/mol. The number of carbonyl (C=O) groups excluding carboxylic acids is 1. The number of aromatic nitrogens is 3. The van der Waals surface area contributed by atoms with Gasteiger partial charge < -0.3 is 21.1 Å². The summed E-state index contributed by atoms with van der Waals surface area (Å²) in [6, 6.07) is 16.6. The lowest BCUT2D eigenvalue weighted by Gasteiger charge is -2.13. The van der Waals surface area contributed by atoms with Crippen molar-refractivity contribution in [2.75, 3.05) is 17.7 Å². The fourth-order valence-electron chi connectivity index (χ4n) is 4.06. The first kappa shape index (κ1) is 26.1. The number of halogens is 1. The van der Waals surface area contributed by atoms with E-state index >= 15 is 0 Å². The normalized spacial score (nSPS) is 10.9. The summed E-state index contributed by atoms with van der Waals surface area (Å²) in [4.78, 5) is 28.0. The van der Waals surface area contributed by atoms with Gasteiger partial charge in [0.2, 0.25) is 0 Å². The molecular formula is C29H27FN6O2S. The predicted octanol–water partition coefficient (Wildman–Crippen LogP) is 5.72. The van der Waals surface area contributed by atoms with Gasteiger partial charge in [0.25, 0.3) is 5.91 Å². The van der Waals surface area contributed by atoms with Crippen LogP contribution in [0.2, 0.25) is 0 Å². The van der Waals surface area contributed by atoms with Gasteiger partial charge in [0.15, 0.2) is 0 Å². The summed E-state index contributed by atoms with van der Waals surface area (Å²) >= 11 is 1.62. The van der Waals surface area contributed by atoms with Crippen LogP contribution in [0.25, 0.3) is 21.3 Å². The first-order chi connectivity index (χ1) is 18.9. The third kappa shape index (κ3) is 5.96. The fourth-order valence-corrected chi connectivity index (χ4v) is 5.00. The van der Waals surface area contributed by atoms with Gasteiger partial charge in [-0.2, -0.15) is 0 Å². The van der Waals surface area contributed by atoms with Gasteiger partial charge in [0.1, 0.15) is 29.5 Å². The highest BCUT2D eigenvalue weighted by Crippen LogP contribution is 2.32. The topological polar surface area (TPSA) is 115 Å². The molecule has 5 rings (SSSR count). The van der Waals surface area contributed by atoms with Crippen molar-refractivity contribution in [2.45, 2.75) is 26.9 Å². The van der Waals surface area contributed by atoms with E-state index in [-0.39, 0.29) is 18.3 Å². The van der Waals surface area contributed by atoms with E-state index in [4.69, 9.17) is 10.5 Å². The highest BCUT2D eigenvalue weighted by atomic mass is 32.1. The van der Waals surface area contributed by atoms with Crippen molar-refractivity contribution in [3.8, 4) is 16.2 Å². The lowest BCUT2D eigenvalue weighted by molar-refractivity contribution is 0.0951. The smallest absolute Gasteiger partial charge is 0.255 e. The molecule has 0 radical (unpaired) electrons. The zero-order valence-corrected chi connectivity index (χ0v) is 22.3. The Morgan fingerprint density at radius 2 is 1.92 bits per heavy atom. The van der Waals surface area contributed by atoms with Gasteiger partial charge in [-0.25, -0.2) is 19.3 Å². The van der Waals surface area contributed by atoms with Crippen molar-refractivity contribution in [1.82, 2.24) is 20.3 Å². The van der Waals surface area contributed by atoms with Crippen molar-refractivity contribution < 1.29 is 13.9 Å². The molecule has 3 heterocycles. The van der Waals surface area contributed by atoms with E-state index in [2.05, 4.69) is 25.6 Å². The van der Waals surface area contributed by atoms with E-state index in [0.29, 0.717) is 47.2 Å². The van der Waals surface area contributed by atoms with Gasteiger partial charge in [0, 0.05) is 21.7 Å². The largest absolute Gasteiger partial charge is 0.492 e. The third-order valence-corrected chi connectivity index (χ3v) is 7.28. The van der Waals surface area contributed by atoms with Crippen LogP contribution in [0.1, 0.15) is 33.3 Å². The predicted molar refractivity (Wildman–Crippen MR) is 152 cm³/mol. The number of nitrogens with zero attached hydrogens (tertiary/aromatic N) is 3. The molecule has 0 unspecified atom stereocenters. The van der Waals surface area contributed by atoms with E-state index in [1.165, 1.54) is 12.4 Å². The van der Waals surface area contributed by atoms with Gasteiger partial charge in [-0.05, 0) is 66.9 Å². The summed E-state index contributed by atoms with van der Waals surface area (Å²) in [5.41, 5.74) is 9.42. The van der Waals surface area contributed by atoms with Gasteiger partial charge in [-0.1, -0.05) is 18.2 Å². The number of carbonyl (C=O) groups is 1. The highest BCUT2D eigenvalue weighted by molar-refractivity contribution is 7.15. The maximum absolute atomic E-state index is 13.9. The van der Waals surface area contributed by atoms with Gasteiger partial charge in [0.05, 0.1) is 30.4 Å². The Balaban J connectivity index is 1.31. The van der Waals surface area contributed by atoms with Crippen LogP contribution in [0.4, 0.5) is 16.0 Å². The average molecular weight is 543 g/mol. The number of nitrogens with two attached hydrogens (primary N) is 1. The molecule has 4 N–H and O–H groups in total. The van der Waals surface area contributed by atoms with Gasteiger partial charge in [-0.3, -0.25) is 4.79 Å². The minimum absolute atomic E-state index is 0.184. The molecule has 0 aliphatic heterocycles. The molecule has 0 saturated carbocycles. The summed E-state index contributed by atoms with van der Waals surface area (Å²) in [7, 11) is 0. The molecule has 0 fully saturated rings. The molecule has 0 aliphatic rings. The maximum Gasteiger partial charge on any atom is 0.255 e. The number of fused-ring (bicyclic) bond motifs is 1. The molecule has 10 heteroatoms. The van der Waals surface area contributed by atoms with Crippen molar-refractivity contribution in [1.29, 1.82) is 0 Å². The van der Waals surface area contributed by atoms with Crippen LogP contribution >= 0.6 is 11.3 Å². The first-order valence-corrected chi connectivity index (χ1v) is 13.2. The molecule has 1 amide bonds. The lowest BCUT2D eigenvalue weighted by atomic mass is 10.1. The van der Waals surface area contributed by atoms with Crippen molar-refractivity contribution in [2.24, 2.45) is 0 Å². The number of nitrogen functional groups attached to an aromatic ring is 1. The van der Waals surface area contributed by atoms with Crippen LogP contribution in [0.5, 0.6) is 5.75 Å². The fraction of sp³-hybridized carbons (Fsp3) is 0.172. The van der Waals surface area contributed by atoms with Crippen LogP contribution < -0.4 is 21.1 Å². The number of hydrogen-bond donors (Lipinski definition) is 3. The minimum Gasteiger partial charge on any atom is -0.492 e. The lowest BCUT2D eigenvalue weighted by Crippen LogP contribution is -2.24. The number of aryl methyl sites for hydroxylation is 1. The number of thiophene rings is 1. The zero-order valence-electron chi connectivity index (χ0n) is 21.5. The molecule has 0 aliphatic carbocycles.